The molecule has 0 unspecified atom stereocenters. The summed E-state index contributed by atoms with van der Waals surface area (Å²) in [5.74, 6) is 0.849. The van der Waals surface area contributed by atoms with Gasteiger partial charge < -0.3 is 10.2 Å². The van der Waals surface area contributed by atoms with Gasteiger partial charge in [-0.2, -0.15) is 0 Å². The van der Waals surface area contributed by atoms with Crippen LogP contribution in [0.25, 0.3) is 0 Å². The van der Waals surface area contributed by atoms with Gasteiger partial charge >= 0.3 is 0 Å². The third-order valence-electron chi connectivity index (χ3n) is 5.04. The second-order valence-electron chi connectivity index (χ2n) is 6.67. The van der Waals surface area contributed by atoms with Gasteiger partial charge in [0.25, 0.3) is 0 Å². The van der Waals surface area contributed by atoms with Gasteiger partial charge in [0.1, 0.15) is 0 Å². The predicted molar refractivity (Wildman–Crippen MR) is 81.2 cm³/mol. The molecule has 2 heteroatoms. The molecule has 19 heavy (non-hydrogen) atoms. The summed E-state index contributed by atoms with van der Waals surface area (Å²) in [4.78, 5) is 0. The highest BCUT2D eigenvalue weighted by atomic mass is 16.3. The van der Waals surface area contributed by atoms with E-state index in [0.717, 1.165) is 25.2 Å². The minimum absolute atomic E-state index is 0.155. The minimum Gasteiger partial charge on any atom is -0.396 e. The van der Waals surface area contributed by atoms with Crippen LogP contribution in [0.3, 0.4) is 0 Å². The summed E-state index contributed by atoms with van der Waals surface area (Å²) in [5, 5.41) is 19.4. The summed E-state index contributed by atoms with van der Waals surface area (Å²) in [5.41, 5.74) is -0.203. The Morgan fingerprint density at radius 3 is 2.16 bits per heavy atom. The summed E-state index contributed by atoms with van der Waals surface area (Å²) in [6, 6.07) is 0. The maximum atomic E-state index is 9.70. The average molecular weight is 270 g/mol. The molecule has 0 aromatic rings. The quantitative estimate of drug-likeness (QED) is 0.581. The molecule has 1 aliphatic carbocycles. The molecule has 1 rings (SSSR count). The SMILES string of the molecule is CCCCCCC(CO)(CO)CCC1CCCCC1. The van der Waals surface area contributed by atoms with E-state index in [-0.39, 0.29) is 18.6 Å². The smallest absolute Gasteiger partial charge is 0.0509 e. The van der Waals surface area contributed by atoms with Gasteiger partial charge in [-0.15, -0.1) is 0 Å². The van der Waals surface area contributed by atoms with E-state index in [1.54, 1.807) is 0 Å². The van der Waals surface area contributed by atoms with Crippen molar-refractivity contribution in [2.75, 3.05) is 13.2 Å². The van der Waals surface area contributed by atoms with E-state index in [9.17, 15) is 10.2 Å². The summed E-state index contributed by atoms with van der Waals surface area (Å²) in [7, 11) is 0. The maximum absolute atomic E-state index is 9.70. The van der Waals surface area contributed by atoms with Crippen LogP contribution >= 0.6 is 0 Å². The van der Waals surface area contributed by atoms with Crippen LogP contribution in [0.5, 0.6) is 0 Å². The molecule has 0 aromatic heterocycles. The fourth-order valence-electron chi connectivity index (χ4n) is 3.40. The van der Waals surface area contributed by atoms with Crippen LogP contribution in [0.2, 0.25) is 0 Å². The van der Waals surface area contributed by atoms with Crippen molar-refractivity contribution in [1.29, 1.82) is 0 Å². The van der Waals surface area contributed by atoms with Crippen molar-refractivity contribution in [3.63, 3.8) is 0 Å². The lowest BCUT2D eigenvalue weighted by Gasteiger charge is -2.32. The highest BCUT2D eigenvalue weighted by Gasteiger charge is 2.29. The van der Waals surface area contributed by atoms with E-state index in [2.05, 4.69) is 6.92 Å². The Morgan fingerprint density at radius 1 is 0.895 bits per heavy atom. The second kappa shape index (κ2) is 9.77. The summed E-state index contributed by atoms with van der Waals surface area (Å²) < 4.78 is 0. The van der Waals surface area contributed by atoms with Crippen molar-refractivity contribution in [2.24, 2.45) is 11.3 Å². The van der Waals surface area contributed by atoms with E-state index in [0.29, 0.717) is 0 Å². The van der Waals surface area contributed by atoms with Crippen LogP contribution in [-0.4, -0.2) is 23.4 Å². The van der Waals surface area contributed by atoms with Crippen LogP contribution in [-0.2, 0) is 0 Å². The van der Waals surface area contributed by atoms with Gasteiger partial charge in [-0.1, -0.05) is 64.7 Å². The van der Waals surface area contributed by atoms with Crippen LogP contribution in [0, 0.1) is 11.3 Å². The number of aliphatic hydroxyl groups excluding tert-OH is 2. The third-order valence-corrected chi connectivity index (χ3v) is 5.04. The van der Waals surface area contributed by atoms with Crippen molar-refractivity contribution in [3.8, 4) is 0 Å². The Hall–Kier alpha value is -0.0800. The van der Waals surface area contributed by atoms with E-state index >= 15 is 0 Å². The lowest BCUT2D eigenvalue weighted by atomic mass is 9.75. The van der Waals surface area contributed by atoms with Gasteiger partial charge in [0.05, 0.1) is 13.2 Å². The second-order valence-corrected chi connectivity index (χ2v) is 6.67. The molecule has 0 amide bonds. The molecule has 2 N–H and O–H groups in total. The van der Waals surface area contributed by atoms with Crippen LogP contribution in [0.15, 0.2) is 0 Å². The van der Waals surface area contributed by atoms with Gasteiger partial charge in [-0.05, 0) is 25.2 Å². The first-order valence-corrected chi connectivity index (χ1v) is 8.48. The highest BCUT2D eigenvalue weighted by molar-refractivity contribution is 4.80. The lowest BCUT2D eigenvalue weighted by molar-refractivity contribution is 0.0308. The highest BCUT2D eigenvalue weighted by Crippen LogP contribution is 2.35. The number of unbranched alkanes of at least 4 members (excludes halogenated alkanes) is 3. The van der Waals surface area contributed by atoms with Gasteiger partial charge in [-0.3, -0.25) is 0 Å². The Bertz CT molecular complexity index is 205. The summed E-state index contributed by atoms with van der Waals surface area (Å²) in [6.07, 6.45) is 15.0. The Balaban J connectivity index is 2.31. The fraction of sp³-hybridized carbons (Fsp3) is 1.00. The number of hydrogen-bond donors (Lipinski definition) is 2. The van der Waals surface area contributed by atoms with Gasteiger partial charge in [0.15, 0.2) is 0 Å². The van der Waals surface area contributed by atoms with Crippen molar-refractivity contribution in [3.05, 3.63) is 0 Å². The molecule has 2 nitrogen and oxygen atoms in total. The number of aliphatic hydroxyl groups is 2. The molecule has 0 radical (unpaired) electrons. The first-order valence-electron chi connectivity index (χ1n) is 8.48. The van der Waals surface area contributed by atoms with Gasteiger partial charge in [0.2, 0.25) is 0 Å². The molecule has 0 aliphatic heterocycles. The van der Waals surface area contributed by atoms with E-state index in [1.807, 2.05) is 0 Å². The monoisotopic (exact) mass is 270 g/mol. The fourth-order valence-corrected chi connectivity index (χ4v) is 3.40. The van der Waals surface area contributed by atoms with Crippen molar-refractivity contribution in [1.82, 2.24) is 0 Å². The zero-order valence-electron chi connectivity index (χ0n) is 12.9. The third kappa shape index (κ3) is 6.27. The molecule has 114 valence electrons. The zero-order valence-corrected chi connectivity index (χ0v) is 12.9. The van der Waals surface area contributed by atoms with E-state index in [4.69, 9.17) is 0 Å². The topological polar surface area (TPSA) is 40.5 Å². The largest absolute Gasteiger partial charge is 0.396 e. The molecule has 0 bridgehead atoms. The van der Waals surface area contributed by atoms with Crippen LogP contribution in [0.1, 0.15) is 84.0 Å². The maximum Gasteiger partial charge on any atom is 0.0509 e. The molecular formula is C17H34O2. The van der Waals surface area contributed by atoms with Crippen molar-refractivity contribution >= 4 is 0 Å². The minimum atomic E-state index is -0.203. The first-order chi connectivity index (χ1) is 9.26. The van der Waals surface area contributed by atoms with Gasteiger partial charge in [-0.25, -0.2) is 0 Å². The first kappa shape index (κ1) is 17.0. The molecule has 1 aliphatic rings. The Morgan fingerprint density at radius 2 is 1.58 bits per heavy atom. The molecule has 0 saturated heterocycles. The Labute approximate surface area is 119 Å². The number of hydrogen-bond acceptors (Lipinski definition) is 2. The van der Waals surface area contributed by atoms with Crippen molar-refractivity contribution < 1.29 is 10.2 Å². The van der Waals surface area contributed by atoms with E-state index < -0.39 is 0 Å². The van der Waals surface area contributed by atoms with Crippen LogP contribution in [0.4, 0.5) is 0 Å². The normalized spacial score (nSPS) is 17.8. The average Bonchev–Trinajstić information content (AvgIpc) is 2.48. The summed E-state index contributed by atoms with van der Waals surface area (Å²) in [6.45, 7) is 2.53. The Kier molecular flexibility index (Phi) is 8.72. The predicted octanol–water partition coefficient (Wildman–Crippen LogP) is 4.29. The molecular weight excluding hydrogens is 236 g/mol. The molecule has 0 aromatic carbocycles. The lowest BCUT2D eigenvalue weighted by Crippen LogP contribution is -2.30. The zero-order chi connectivity index (χ0) is 14.0. The number of rotatable bonds is 10. The molecule has 0 heterocycles. The summed E-state index contributed by atoms with van der Waals surface area (Å²) >= 11 is 0. The molecule has 0 atom stereocenters. The standard InChI is InChI=1S/C17H34O2/c1-2-3-4-8-12-17(14-18,15-19)13-11-16-9-6-5-7-10-16/h16,18-19H,2-15H2,1H3. The molecule has 1 fully saturated rings. The van der Waals surface area contributed by atoms with Crippen molar-refractivity contribution in [2.45, 2.75) is 84.0 Å². The molecule has 1 saturated carbocycles. The molecule has 0 spiro atoms. The van der Waals surface area contributed by atoms with Crippen LogP contribution < -0.4 is 0 Å². The van der Waals surface area contributed by atoms with Gasteiger partial charge in [0, 0.05) is 5.41 Å². The van der Waals surface area contributed by atoms with E-state index in [1.165, 1.54) is 57.8 Å².